The molecule has 0 aliphatic heterocycles. The van der Waals surface area contributed by atoms with Crippen LogP contribution in [-0.4, -0.2) is 6.47 Å². The van der Waals surface area contributed by atoms with Crippen LogP contribution in [0.5, 0.6) is 0 Å². The summed E-state index contributed by atoms with van der Waals surface area (Å²) in [6.45, 7) is 4.72. The molecule has 0 bridgehead atoms. The van der Waals surface area contributed by atoms with Crippen molar-refractivity contribution in [1.82, 2.24) is 0 Å². The van der Waals surface area contributed by atoms with Gasteiger partial charge in [0.25, 0.3) is 6.47 Å². The number of aryl methyl sites for hydroxylation is 1. The van der Waals surface area contributed by atoms with Gasteiger partial charge >= 0.3 is 0 Å². The third-order valence-electron chi connectivity index (χ3n) is 2.49. The average Bonchev–Trinajstić information content (AvgIpc) is 2.25. The van der Waals surface area contributed by atoms with E-state index >= 15 is 0 Å². The van der Waals surface area contributed by atoms with Crippen LogP contribution in [0, 0.1) is 6.92 Å². The highest BCUT2D eigenvalue weighted by Crippen LogP contribution is 2.22. The van der Waals surface area contributed by atoms with E-state index < -0.39 is 0 Å². The predicted octanol–water partition coefficient (Wildman–Crippen LogP) is 3.40. The molecule has 2 heteroatoms. The molecule has 2 nitrogen and oxygen atoms in total. The lowest BCUT2D eigenvalue weighted by Gasteiger charge is -2.15. The van der Waals surface area contributed by atoms with Crippen LogP contribution in [0.25, 0.3) is 0 Å². The number of rotatable bonds is 6. The van der Waals surface area contributed by atoms with E-state index in [0.717, 1.165) is 24.8 Å². The van der Waals surface area contributed by atoms with E-state index in [1.807, 2.05) is 31.2 Å². The summed E-state index contributed by atoms with van der Waals surface area (Å²) in [7, 11) is 0. The van der Waals surface area contributed by atoms with E-state index in [1.54, 1.807) is 0 Å². The molecular formula is C13H18O2. The quantitative estimate of drug-likeness (QED) is 0.667. The standard InChI is InChI=1S/C13H18O2/c1-3-4-5-13(15-10-14)12-8-6-11(2)7-9-12/h6-10,13H,3-5H2,1-2H3. The van der Waals surface area contributed by atoms with E-state index in [9.17, 15) is 4.79 Å². The smallest absolute Gasteiger partial charge is 0.293 e. The largest absolute Gasteiger partial charge is 0.460 e. The average molecular weight is 206 g/mol. The Morgan fingerprint density at radius 1 is 1.33 bits per heavy atom. The molecule has 0 amide bonds. The van der Waals surface area contributed by atoms with Crippen LogP contribution in [0.1, 0.15) is 43.4 Å². The van der Waals surface area contributed by atoms with E-state index in [-0.39, 0.29) is 6.10 Å². The van der Waals surface area contributed by atoms with Crippen LogP contribution in [0.2, 0.25) is 0 Å². The molecular weight excluding hydrogens is 188 g/mol. The van der Waals surface area contributed by atoms with Gasteiger partial charge < -0.3 is 4.74 Å². The molecule has 82 valence electrons. The Labute approximate surface area is 91.3 Å². The lowest BCUT2D eigenvalue weighted by molar-refractivity contribution is -0.134. The number of benzene rings is 1. The summed E-state index contributed by atoms with van der Waals surface area (Å²) in [5.74, 6) is 0. The van der Waals surface area contributed by atoms with Gasteiger partial charge in [-0.05, 0) is 25.3 Å². The van der Waals surface area contributed by atoms with Gasteiger partial charge in [0.1, 0.15) is 6.10 Å². The minimum atomic E-state index is -0.0805. The van der Waals surface area contributed by atoms with Crippen molar-refractivity contribution in [2.45, 2.75) is 39.2 Å². The fourth-order valence-electron chi connectivity index (χ4n) is 1.55. The van der Waals surface area contributed by atoms with Crippen molar-refractivity contribution in [3.05, 3.63) is 35.4 Å². The molecule has 15 heavy (non-hydrogen) atoms. The van der Waals surface area contributed by atoms with Crippen LogP contribution in [0.3, 0.4) is 0 Å². The van der Waals surface area contributed by atoms with Crippen molar-refractivity contribution in [3.8, 4) is 0 Å². The first-order valence-electron chi connectivity index (χ1n) is 5.43. The molecule has 1 aromatic rings. The Hall–Kier alpha value is -1.31. The molecule has 0 fully saturated rings. The number of hydrogen-bond donors (Lipinski definition) is 0. The highest BCUT2D eigenvalue weighted by Gasteiger charge is 2.10. The normalized spacial score (nSPS) is 12.1. The second-order valence-corrected chi connectivity index (χ2v) is 3.77. The summed E-state index contributed by atoms with van der Waals surface area (Å²) < 4.78 is 5.09. The lowest BCUT2D eigenvalue weighted by atomic mass is 10.0. The third-order valence-corrected chi connectivity index (χ3v) is 2.49. The first kappa shape index (κ1) is 11.8. The highest BCUT2D eigenvalue weighted by molar-refractivity contribution is 5.38. The van der Waals surface area contributed by atoms with E-state index in [4.69, 9.17) is 4.74 Å². The van der Waals surface area contributed by atoms with Gasteiger partial charge in [0.2, 0.25) is 0 Å². The zero-order chi connectivity index (χ0) is 11.1. The number of carbonyl (C=O) groups excluding carboxylic acids is 1. The molecule has 0 aliphatic carbocycles. The SMILES string of the molecule is CCCCC(OC=O)c1ccc(C)cc1. The summed E-state index contributed by atoms with van der Waals surface area (Å²) >= 11 is 0. The minimum absolute atomic E-state index is 0.0805. The van der Waals surface area contributed by atoms with E-state index in [2.05, 4.69) is 6.92 Å². The van der Waals surface area contributed by atoms with Gasteiger partial charge in [-0.15, -0.1) is 0 Å². The van der Waals surface area contributed by atoms with E-state index in [1.165, 1.54) is 5.56 Å². The Morgan fingerprint density at radius 3 is 2.53 bits per heavy atom. The Bertz CT molecular complexity index is 290. The number of ether oxygens (including phenoxy) is 1. The van der Waals surface area contributed by atoms with Crippen LogP contribution >= 0.6 is 0 Å². The Balaban J connectivity index is 2.69. The van der Waals surface area contributed by atoms with Gasteiger partial charge in [-0.3, -0.25) is 4.79 Å². The molecule has 0 N–H and O–H groups in total. The summed E-state index contributed by atoms with van der Waals surface area (Å²) in [6.07, 6.45) is 3.01. The summed E-state index contributed by atoms with van der Waals surface area (Å²) in [5, 5.41) is 0. The van der Waals surface area contributed by atoms with Crippen molar-refractivity contribution in [2.75, 3.05) is 0 Å². The van der Waals surface area contributed by atoms with Gasteiger partial charge in [0.05, 0.1) is 0 Å². The number of hydrogen-bond acceptors (Lipinski definition) is 2. The summed E-state index contributed by atoms with van der Waals surface area (Å²) in [5.41, 5.74) is 2.31. The minimum Gasteiger partial charge on any atom is -0.460 e. The summed E-state index contributed by atoms with van der Waals surface area (Å²) in [6, 6.07) is 8.14. The van der Waals surface area contributed by atoms with Crippen molar-refractivity contribution in [1.29, 1.82) is 0 Å². The molecule has 0 saturated carbocycles. The summed E-state index contributed by atoms with van der Waals surface area (Å²) in [4.78, 5) is 10.4. The predicted molar refractivity (Wildman–Crippen MR) is 60.6 cm³/mol. The molecule has 0 saturated heterocycles. The Kier molecular flexibility index (Phi) is 4.88. The van der Waals surface area contributed by atoms with E-state index in [0.29, 0.717) is 6.47 Å². The molecule has 1 unspecified atom stereocenters. The fourth-order valence-corrected chi connectivity index (χ4v) is 1.55. The molecule has 0 spiro atoms. The van der Waals surface area contributed by atoms with Crippen molar-refractivity contribution < 1.29 is 9.53 Å². The molecule has 0 aromatic heterocycles. The molecule has 1 rings (SSSR count). The third kappa shape index (κ3) is 3.74. The fraction of sp³-hybridized carbons (Fsp3) is 0.462. The van der Waals surface area contributed by atoms with Crippen molar-refractivity contribution in [3.63, 3.8) is 0 Å². The van der Waals surface area contributed by atoms with Crippen LogP contribution in [-0.2, 0) is 9.53 Å². The maximum Gasteiger partial charge on any atom is 0.293 e. The topological polar surface area (TPSA) is 26.3 Å². The first-order valence-corrected chi connectivity index (χ1v) is 5.43. The van der Waals surface area contributed by atoms with Crippen LogP contribution in [0.4, 0.5) is 0 Å². The van der Waals surface area contributed by atoms with Gasteiger partial charge in [-0.1, -0.05) is 43.2 Å². The zero-order valence-corrected chi connectivity index (χ0v) is 9.40. The maximum absolute atomic E-state index is 10.4. The Morgan fingerprint density at radius 2 is 2.00 bits per heavy atom. The molecule has 1 atom stereocenters. The first-order chi connectivity index (χ1) is 7.27. The molecule has 0 aliphatic rings. The van der Waals surface area contributed by atoms with Gasteiger partial charge in [-0.25, -0.2) is 0 Å². The molecule has 0 radical (unpaired) electrons. The van der Waals surface area contributed by atoms with Crippen LogP contribution < -0.4 is 0 Å². The van der Waals surface area contributed by atoms with Gasteiger partial charge in [0, 0.05) is 0 Å². The zero-order valence-electron chi connectivity index (χ0n) is 9.40. The number of carbonyl (C=O) groups is 1. The lowest BCUT2D eigenvalue weighted by Crippen LogP contribution is -2.03. The second-order valence-electron chi connectivity index (χ2n) is 3.77. The van der Waals surface area contributed by atoms with Gasteiger partial charge in [0.15, 0.2) is 0 Å². The monoisotopic (exact) mass is 206 g/mol. The van der Waals surface area contributed by atoms with Crippen molar-refractivity contribution >= 4 is 6.47 Å². The van der Waals surface area contributed by atoms with Crippen LogP contribution in [0.15, 0.2) is 24.3 Å². The highest BCUT2D eigenvalue weighted by atomic mass is 16.5. The second kappa shape index (κ2) is 6.23. The maximum atomic E-state index is 10.4. The van der Waals surface area contributed by atoms with Crippen molar-refractivity contribution in [2.24, 2.45) is 0 Å². The van der Waals surface area contributed by atoms with Gasteiger partial charge in [-0.2, -0.15) is 0 Å². The molecule has 1 aromatic carbocycles. The number of unbranched alkanes of at least 4 members (excludes halogenated alkanes) is 1. The molecule has 0 heterocycles.